The van der Waals surface area contributed by atoms with Crippen molar-refractivity contribution in [3.8, 4) is 5.75 Å². The Hall–Kier alpha value is -3.41. The molecule has 2 aromatic carbocycles. The summed E-state index contributed by atoms with van der Waals surface area (Å²) in [5, 5.41) is 0.864. The van der Waals surface area contributed by atoms with Crippen molar-refractivity contribution in [1.82, 2.24) is 4.98 Å². The van der Waals surface area contributed by atoms with Crippen LogP contribution in [0.1, 0.15) is 28.8 Å². The third kappa shape index (κ3) is 3.66. The lowest BCUT2D eigenvalue weighted by atomic mass is 9.93. The molecule has 0 spiro atoms. The molecular formula is C23H23N3O3. The number of methoxy groups -OCH3 is 1. The second kappa shape index (κ2) is 7.91. The van der Waals surface area contributed by atoms with E-state index < -0.39 is 0 Å². The number of nitrogens with two attached hydrogens (primary N) is 1. The molecule has 0 radical (unpaired) electrons. The number of piperidine rings is 1. The number of fused-ring (bicyclic) bond motifs is 1. The lowest BCUT2D eigenvalue weighted by Crippen LogP contribution is -2.39. The molecule has 0 unspecified atom stereocenters. The molecule has 1 aromatic heterocycles. The first-order valence-electron chi connectivity index (χ1n) is 9.69. The highest BCUT2D eigenvalue weighted by molar-refractivity contribution is 6.16. The van der Waals surface area contributed by atoms with Gasteiger partial charge in [-0.1, -0.05) is 30.3 Å². The van der Waals surface area contributed by atoms with Gasteiger partial charge in [0.25, 0.3) is 0 Å². The number of anilines is 1. The molecule has 1 aliphatic heterocycles. The van der Waals surface area contributed by atoms with Crippen molar-refractivity contribution in [2.75, 3.05) is 25.1 Å². The Morgan fingerprint density at radius 1 is 1.10 bits per heavy atom. The maximum atomic E-state index is 13.3. The molecule has 1 fully saturated rings. The SMILES string of the molecule is COc1ccc2ncc(C(=O)c3ccccc3)c(N3CCC(C(N)=O)CC3)c2c1. The number of hydrogen-bond acceptors (Lipinski definition) is 5. The number of pyridine rings is 1. The second-order valence-electron chi connectivity index (χ2n) is 7.26. The summed E-state index contributed by atoms with van der Waals surface area (Å²) >= 11 is 0. The van der Waals surface area contributed by atoms with Gasteiger partial charge in [-0.25, -0.2) is 0 Å². The van der Waals surface area contributed by atoms with Gasteiger partial charge in [0.05, 0.1) is 23.9 Å². The number of carbonyl (C=O) groups excluding carboxylic acids is 2. The Balaban J connectivity index is 1.84. The summed E-state index contributed by atoms with van der Waals surface area (Å²) in [4.78, 5) is 31.6. The highest BCUT2D eigenvalue weighted by atomic mass is 16.5. The predicted molar refractivity (Wildman–Crippen MR) is 112 cm³/mol. The zero-order chi connectivity index (χ0) is 20.4. The van der Waals surface area contributed by atoms with E-state index in [1.54, 1.807) is 25.4 Å². The minimum absolute atomic E-state index is 0.0742. The van der Waals surface area contributed by atoms with Gasteiger partial charge in [-0.05, 0) is 31.0 Å². The molecule has 2 heterocycles. The first-order chi connectivity index (χ1) is 14.1. The topological polar surface area (TPSA) is 85.5 Å². The first-order valence-corrected chi connectivity index (χ1v) is 9.69. The van der Waals surface area contributed by atoms with Crippen molar-refractivity contribution in [2.24, 2.45) is 11.7 Å². The van der Waals surface area contributed by atoms with Crippen LogP contribution in [0, 0.1) is 5.92 Å². The minimum Gasteiger partial charge on any atom is -0.497 e. The van der Waals surface area contributed by atoms with Gasteiger partial charge in [0.1, 0.15) is 5.75 Å². The average molecular weight is 389 g/mol. The fraction of sp³-hybridized carbons (Fsp3) is 0.261. The number of rotatable bonds is 5. The van der Waals surface area contributed by atoms with Gasteiger partial charge in [0.15, 0.2) is 5.78 Å². The van der Waals surface area contributed by atoms with Crippen LogP contribution in [0.15, 0.2) is 54.7 Å². The van der Waals surface area contributed by atoms with Crippen LogP contribution in [-0.2, 0) is 4.79 Å². The molecule has 6 nitrogen and oxygen atoms in total. The van der Waals surface area contributed by atoms with Gasteiger partial charge in [-0.3, -0.25) is 14.6 Å². The van der Waals surface area contributed by atoms with E-state index in [2.05, 4.69) is 9.88 Å². The smallest absolute Gasteiger partial charge is 0.220 e. The van der Waals surface area contributed by atoms with Crippen molar-refractivity contribution in [1.29, 1.82) is 0 Å². The molecule has 2 N–H and O–H groups in total. The molecule has 6 heteroatoms. The van der Waals surface area contributed by atoms with Crippen LogP contribution in [0.25, 0.3) is 10.9 Å². The monoisotopic (exact) mass is 389 g/mol. The van der Waals surface area contributed by atoms with Crippen LogP contribution in [0.3, 0.4) is 0 Å². The Bertz CT molecular complexity index is 1060. The number of ether oxygens (including phenoxy) is 1. The van der Waals surface area contributed by atoms with E-state index in [-0.39, 0.29) is 17.6 Å². The average Bonchev–Trinajstić information content (AvgIpc) is 2.78. The van der Waals surface area contributed by atoms with Crippen molar-refractivity contribution >= 4 is 28.3 Å². The van der Waals surface area contributed by atoms with E-state index in [0.717, 1.165) is 16.6 Å². The number of hydrogen-bond donors (Lipinski definition) is 1. The Morgan fingerprint density at radius 2 is 1.83 bits per heavy atom. The van der Waals surface area contributed by atoms with Crippen LogP contribution in [0.5, 0.6) is 5.75 Å². The van der Waals surface area contributed by atoms with Gasteiger partial charge in [-0.15, -0.1) is 0 Å². The normalized spacial score (nSPS) is 14.7. The van der Waals surface area contributed by atoms with Crippen molar-refractivity contribution in [2.45, 2.75) is 12.8 Å². The highest BCUT2D eigenvalue weighted by Crippen LogP contribution is 2.35. The predicted octanol–water partition coefficient (Wildman–Crippen LogP) is 3.18. The summed E-state index contributed by atoms with van der Waals surface area (Å²) in [6, 6.07) is 14.9. The first kappa shape index (κ1) is 18.9. The fourth-order valence-corrected chi connectivity index (χ4v) is 3.92. The molecule has 1 amide bonds. The minimum atomic E-state index is -0.258. The van der Waals surface area contributed by atoms with Gasteiger partial charge in [0.2, 0.25) is 5.91 Å². The number of benzene rings is 2. The number of carbonyl (C=O) groups is 2. The molecular weight excluding hydrogens is 366 g/mol. The van der Waals surface area contributed by atoms with Gasteiger partial charge >= 0.3 is 0 Å². The highest BCUT2D eigenvalue weighted by Gasteiger charge is 2.28. The van der Waals surface area contributed by atoms with Crippen LogP contribution in [0.4, 0.5) is 5.69 Å². The van der Waals surface area contributed by atoms with Crippen LogP contribution < -0.4 is 15.4 Å². The van der Waals surface area contributed by atoms with Crippen LogP contribution in [-0.4, -0.2) is 36.9 Å². The van der Waals surface area contributed by atoms with Crippen LogP contribution >= 0.6 is 0 Å². The number of aromatic nitrogens is 1. The van der Waals surface area contributed by atoms with E-state index in [4.69, 9.17) is 10.5 Å². The van der Waals surface area contributed by atoms with Crippen molar-refractivity contribution < 1.29 is 14.3 Å². The molecule has 1 saturated heterocycles. The second-order valence-corrected chi connectivity index (χ2v) is 7.26. The van der Waals surface area contributed by atoms with Crippen LogP contribution in [0.2, 0.25) is 0 Å². The molecule has 29 heavy (non-hydrogen) atoms. The molecule has 0 bridgehead atoms. The maximum Gasteiger partial charge on any atom is 0.220 e. The maximum absolute atomic E-state index is 13.3. The Labute approximate surface area is 169 Å². The number of primary amides is 1. The lowest BCUT2D eigenvalue weighted by Gasteiger charge is -2.34. The van der Waals surface area contributed by atoms with E-state index in [0.29, 0.717) is 42.8 Å². The summed E-state index contributed by atoms with van der Waals surface area (Å²) in [6.45, 7) is 1.30. The summed E-state index contributed by atoms with van der Waals surface area (Å²) in [5.41, 5.74) is 8.29. The van der Waals surface area contributed by atoms with E-state index in [1.807, 2.05) is 36.4 Å². The van der Waals surface area contributed by atoms with E-state index in [1.165, 1.54) is 0 Å². The Morgan fingerprint density at radius 3 is 2.48 bits per heavy atom. The van der Waals surface area contributed by atoms with Crippen molar-refractivity contribution in [3.63, 3.8) is 0 Å². The molecule has 3 aromatic rings. The fourth-order valence-electron chi connectivity index (χ4n) is 3.92. The Kier molecular flexibility index (Phi) is 5.16. The third-order valence-corrected chi connectivity index (χ3v) is 5.54. The van der Waals surface area contributed by atoms with Gasteiger partial charge in [-0.2, -0.15) is 0 Å². The molecule has 4 rings (SSSR count). The third-order valence-electron chi connectivity index (χ3n) is 5.54. The van der Waals surface area contributed by atoms with E-state index in [9.17, 15) is 9.59 Å². The van der Waals surface area contributed by atoms with Crippen molar-refractivity contribution in [3.05, 3.63) is 65.9 Å². The molecule has 148 valence electrons. The number of amides is 1. The summed E-state index contributed by atoms with van der Waals surface area (Å²) < 4.78 is 5.41. The zero-order valence-corrected chi connectivity index (χ0v) is 16.3. The molecule has 1 aliphatic rings. The summed E-state index contributed by atoms with van der Waals surface area (Å²) in [6.07, 6.45) is 2.99. The molecule has 0 saturated carbocycles. The summed E-state index contributed by atoms with van der Waals surface area (Å²) in [5.74, 6) is 0.250. The largest absolute Gasteiger partial charge is 0.497 e. The molecule has 0 atom stereocenters. The molecule has 0 aliphatic carbocycles. The van der Waals surface area contributed by atoms with Gasteiger partial charge in [0, 0.05) is 36.2 Å². The lowest BCUT2D eigenvalue weighted by molar-refractivity contribution is -0.122. The standard InChI is InChI=1S/C23H23N3O3/c1-29-17-7-8-20-18(13-17)21(26-11-9-16(10-12-26)23(24)28)19(14-25-20)22(27)15-5-3-2-4-6-15/h2-8,13-14,16H,9-12H2,1H3,(H2,24,28). The number of ketones is 1. The van der Waals surface area contributed by atoms with E-state index >= 15 is 0 Å². The number of nitrogens with zero attached hydrogens (tertiary/aromatic N) is 2. The van der Waals surface area contributed by atoms with Gasteiger partial charge < -0.3 is 15.4 Å². The quantitative estimate of drug-likeness (QED) is 0.678. The zero-order valence-electron chi connectivity index (χ0n) is 16.3. The summed E-state index contributed by atoms with van der Waals surface area (Å²) in [7, 11) is 1.62.